The third-order valence-electron chi connectivity index (χ3n) is 4.93. The number of aromatic nitrogens is 4. The molecule has 6 nitrogen and oxygen atoms in total. The van der Waals surface area contributed by atoms with E-state index in [1.165, 1.54) is 25.7 Å². The number of fused-ring (bicyclic) bond motifs is 1. The predicted octanol–water partition coefficient (Wildman–Crippen LogP) is 3.03. The number of ether oxygens (including phenoxy) is 1. The van der Waals surface area contributed by atoms with E-state index in [-0.39, 0.29) is 5.60 Å². The van der Waals surface area contributed by atoms with Crippen molar-refractivity contribution in [3.8, 4) is 0 Å². The Morgan fingerprint density at radius 1 is 1.36 bits per heavy atom. The SMILES string of the molecule is Cn1nc(Br)c2c(NC3CCOC4(CCCC4)C3)ncnc21. The lowest BCUT2D eigenvalue weighted by Crippen LogP contribution is -2.42. The lowest BCUT2D eigenvalue weighted by Gasteiger charge is -2.38. The van der Waals surface area contributed by atoms with Gasteiger partial charge in [-0.25, -0.2) is 14.6 Å². The number of nitrogens with one attached hydrogen (secondary N) is 1. The highest BCUT2D eigenvalue weighted by atomic mass is 79.9. The average molecular weight is 366 g/mol. The molecular weight excluding hydrogens is 346 g/mol. The van der Waals surface area contributed by atoms with E-state index in [1.54, 1.807) is 11.0 Å². The number of rotatable bonds is 2. The second-order valence-electron chi connectivity index (χ2n) is 6.41. The highest BCUT2D eigenvalue weighted by Crippen LogP contribution is 2.41. The fourth-order valence-corrected chi connectivity index (χ4v) is 4.47. The van der Waals surface area contributed by atoms with E-state index in [9.17, 15) is 0 Å². The van der Waals surface area contributed by atoms with E-state index >= 15 is 0 Å². The summed E-state index contributed by atoms with van der Waals surface area (Å²) < 4.78 is 8.67. The topological polar surface area (TPSA) is 64.9 Å². The second kappa shape index (κ2) is 5.45. The van der Waals surface area contributed by atoms with Crippen LogP contribution in [0.5, 0.6) is 0 Å². The van der Waals surface area contributed by atoms with Crippen LogP contribution in [0.3, 0.4) is 0 Å². The fourth-order valence-electron chi connectivity index (χ4n) is 3.86. The fraction of sp³-hybridized carbons (Fsp3) is 0.667. The first-order valence-electron chi connectivity index (χ1n) is 7.91. The number of nitrogens with zero attached hydrogens (tertiary/aromatic N) is 4. The van der Waals surface area contributed by atoms with Gasteiger partial charge in [0.15, 0.2) is 5.65 Å². The Morgan fingerprint density at radius 2 is 2.18 bits per heavy atom. The molecule has 0 aromatic carbocycles. The Hall–Kier alpha value is -1.21. The molecule has 0 radical (unpaired) electrons. The number of hydrogen-bond donors (Lipinski definition) is 1. The quantitative estimate of drug-likeness (QED) is 0.885. The van der Waals surface area contributed by atoms with Gasteiger partial charge in [0.2, 0.25) is 0 Å². The van der Waals surface area contributed by atoms with Gasteiger partial charge in [0.1, 0.15) is 16.7 Å². The Labute approximate surface area is 137 Å². The van der Waals surface area contributed by atoms with Gasteiger partial charge < -0.3 is 10.1 Å². The molecule has 1 saturated heterocycles. The van der Waals surface area contributed by atoms with Crippen LogP contribution in [0.4, 0.5) is 5.82 Å². The van der Waals surface area contributed by atoms with Gasteiger partial charge in [-0.2, -0.15) is 5.10 Å². The highest BCUT2D eigenvalue weighted by Gasteiger charge is 2.40. The van der Waals surface area contributed by atoms with E-state index in [0.29, 0.717) is 6.04 Å². The van der Waals surface area contributed by atoms with Crippen molar-refractivity contribution < 1.29 is 4.74 Å². The van der Waals surface area contributed by atoms with E-state index in [4.69, 9.17) is 4.74 Å². The largest absolute Gasteiger partial charge is 0.375 e. The maximum Gasteiger partial charge on any atom is 0.164 e. The van der Waals surface area contributed by atoms with Crippen LogP contribution >= 0.6 is 15.9 Å². The smallest absolute Gasteiger partial charge is 0.164 e. The van der Waals surface area contributed by atoms with Crippen molar-refractivity contribution >= 4 is 32.8 Å². The predicted molar refractivity (Wildman–Crippen MR) is 87.8 cm³/mol. The van der Waals surface area contributed by atoms with Crippen LogP contribution in [-0.2, 0) is 11.8 Å². The molecule has 1 atom stereocenters. The minimum Gasteiger partial charge on any atom is -0.375 e. The summed E-state index contributed by atoms with van der Waals surface area (Å²) >= 11 is 3.52. The molecule has 118 valence electrons. The molecule has 2 aromatic rings. The van der Waals surface area contributed by atoms with Gasteiger partial charge in [-0.1, -0.05) is 12.8 Å². The molecule has 2 fully saturated rings. The normalized spacial score (nSPS) is 24.2. The Kier molecular flexibility index (Phi) is 3.57. The Balaban J connectivity index is 1.61. The van der Waals surface area contributed by atoms with Crippen LogP contribution in [0.1, 0.15) is 38.5 Å². The van der Waals surface area contributed by atoms with Crippen LogP contribution in [0.2, 0.25) is 0 Å². The third kappa shape index (κ3) is 2.40. The van der Waals surface area contributed by atoms with Gasteiger partial charge >= 0.3 is 0 Å². The minimum atomic E-state index is 0.105. The molecule has 4 rings (SSSR count). The molecule has 22 heavy (non-hydrogen) atoms. The summed E-state index contributed by atoms with van der Waals surface area (Å²) in [7, 11) is 1.89. The van der Waals surface area contributed by atoms with E-state index in [1.807, 2.05) is 7.05 Å². The molecule has 1 saturated carbocycles. The maximum atomic E-state index is 6.11. The van der Waals surface area contributed by atoms with Crippen LogP contribution in [0.15, 0.2) is 10.9 Å². The standard InChI is InChI=1S/C15H20BrN5O/c1-21-14-11(12(16)20-21)13(17-9-18-14)19-10-4-7-22-15(8-10)5-2-3-6-15/h9-10H,2-8H2,1H3,(H,17,18,19). The highest BCUT2D eigenvalue weighted by molar-refractivity contribution is 9.10. The van der Waals surface area contributed by atoms with Gasteiger partial charge in [0.25, 0.3) is 0 Å². The molecule has 1 N–H and O–H groups in total. The minimum absolute atomic E-state index is 0.105. The Morgan fingerprint density at radius 3 is 3.00 bits per heavy atom. The monoisotopic (exact) mass is 365 g/mol. The van der Waals surface area contributed by atoms with Crippen molar-refractivity contribution in [1.29, 1.82) is 0 Å². The van der Waals surface area contributed by atoms with Crippen molar-refractivity contribution in [1.82, 2.24) is 19.7 Å². The molecule has 1 aliphatic carbocycles. The number of hydrogen-bond acceptors (Lipinski definition) is 5. The zero-order valence-electron chi connectivity index (χ0n) is 12.7. The van der Waals surface area contributed by atoms with Crippen LogP contribution in [-0.4, -0.2) is 38.0 Å². The molecule has 2 aliphatic rings. The molecule has 1 spiro atoms. The Bertz CT molecular complexity index is 695. The number of aryl methyl sites for hydroxylation is 1. The molecule has 3 heterocycles. The van der Waals surface area contributed by atoms with Gasteiger partial charge in [-0.15, -0.1) is 0 Å². The summed E-state index contributed by atoms with van der Waals surface area (Å²) in [5, 5.41) is 8.95. The first-order chi connectivity index (χ1) is 10.7. The zero-order chi connectivity index (χ0) is 15.2. The number of anilines is 1. The maximum absolute atomic E-state index is 6.11. The van der Waals surface area contributed by atoms with E-state index in [2.05, 4.69) is 36.3 Å². The van der Waals surface area contributed by atoms with Crippen LogP contribution in [0.25, 0.3) is 11.0 Å². The van der Waals surface area contributed by atoms with E-state index in [0.717, 1.165) is 40.9 Å². The molecule has 7 heteroatoms. The lowest BCUT2D eigenvalue weighted by molar-refractivity contribution is -0.0767. The van der Waals surface area contributed by atoms with Crippen molar-refractivity contribution in [2.24, 2.45) is 7.05 Å². The second-order valence-corrected chi connectivity index (χ2v) is 7.16. The molecular formula is C15H20BrN5O. The summed E-state index contributed by atoms with van der Waals surface area (Å²) in [6.45, 7) is 0.833. The van der Waals surface area contributed by atoms with Crippen molar-refractivity contribution in [3.05, 3.63) is 10.9 Å². The summed E-state index contributed by atoms with van der Waals surface area (Å²) in [6.07, 6.45) is 8.66. The third-order valence-corrected chi connectivity index (χ3v) is 5.48. The van der Waals surface area contributed by atoms with Crippen LogP contribution in [0, 0.1) is 0 Å². The molecule has 0 bridgehead atoms. The van der Waals surface area contributed by atoms with Crippen molar-refractivity contribution in [2.75, 3.05) is 11.9 Å². The average Bonchev–Trinajstić information content (AvgIpc) is 3.06. The molecule has 0 amide bonds. The van der Waals surface area contributed by atoms with Crippen molar-refractivity contribution in [2.45, 2.75) is 50.2 Å². The molecule has 1 unspecified atom stereocenters. The van der Waals surface area contributed by atoms with Gasteiger partial charge in [-0.3, -0.25) is 0 Å². The van der Waals surface area contributed by atoms with Crippen molar-refractivity contribution in [3.63, 3.8) is 0 Å². The van der Waals surface area contributed by atoms with E-state index < -0.39 is 0 Å². The van der Waals surface area contributed by atoms with Crippen LogP contribution < -0.4 is 5.32 Å². The van der Waals surface area contributed by atoms with Gasteiger partial charge in [-0.05, 0) is 41.6 Å². The summed E-state index contributed by atoms with van der Waals surface area (Å²) in [5.74, 6) is 0.866. The zero-order valence-corrected chi connectivity index (χ0v) is 14.3. The first kappa shape index (κ1) is 14.4. The summed E-state index contributed by atoms with van der Waals surface area (Å²) in [4.78, 5) is 8.76. The summed E-state index contributed by atoms with van der Waals surface area (Å²) in [6, 6.07) is 0.400. The summed E-state index contributed by atoms with van der Waals surface area (Å²) in [5.41, 5.74) is 0.945. The lowest BCUT2D eigenvalue weighted by atomic mass is 9.89. The number of halogens is 1. The molecule has 2 aromatic heterocycles. The molecule has 1 aliphatic heterocycles. The first-order valence-corrected chi connectivity index (χ1v) is 8.70. The van der Waals surface area contributed by atoms with Gasteiger partial charge in [0, 0.05) is 19.7 Å². The van der Waals surface area contributed by atoms with Gasteiger partial charge in [0.05, 0.1) is 11.0 Å².